The van der Waals surface area contributed by atoms with Crippen LogP contribution >= 0.6 is 11.3 Å². The van der Waals surface area contributed by atoms with Gasteiger partial charge in [-0.25, -0.2) is 4.98 Å². The van der Waals surface area contributed by atoms with E-state index in [4.69, 9.17) is 30.9 Å². The number of hydrogen-bond acceptors (Lipinski definition) is 13. The maximum atomic E-state index is 10.4. The standard InChI is InChI=1S/C31H36N10O2S/c1-19(20-3-2-8-36-25(20)34)37-27-22(14-33)28(41-16-31(17-41)5-4-23-24(31)21(13-32)26(35)44-23)39-29(38-27)43-18-30(6-7-30)15-40-9-11-42-12-10-40/h2-3,8,19H,4-7,9-12,15-18,35H2,1H3,(H2,34,36)(H,37,38,39). The predicted molar refractivity (Wildman–Crippen MR) is 168 cm³/mol. The molecule has 3 aromatic rings. The van der Waals surface area contributed by atoms with Crippen LogP contribution in [0.3, 0.4) is 0 Å². The van der Waals surface area contributed by atoms with Crippen LogP contribution in [0.2, 0.25) is 0 Å². The monoisotopic (exact) mass is 612 g/mol. The van der Waals surface area contributed by atoms with Crippen molar-refractivity contribution < 1.29 is 9.47 Å². The average Bonchev–Trinajstić information content (AvgIpc) is 3.55. The number of nitrogens with two attached hydrogens (primary N) is 2. The number of pyridine rings is 1. The van der Waals surface area contributed by atoms with E-state index in [1.165, 1.54) is 16.2 Å². The zero-order valence-electron chi connectivity index (χ0n) is 24.8. The number of ether oxygens (including phenoxy) is 2. The van der Waals surface area contributed by atoms with Gasteiger partial charge in [0.2, 0.25) is 0 Å². The minimum Gasteiger partial charge on any atom is -0.463 e. The van der Waals surface area contributed by atoms with Gasteiger partial charge in [0.15, 0.2) is 11.6 Å². The van der Waals surface area contributed by atoms with Crippen LogP contribution in [0.4, 0.5) is 22.5 Å². The van der Waals surface area contributed by atoms with Gasteiger partial charge < -0.3 is 31.2 Å². The molecule has 3 aromatic heterocycles. The summed E-state index contributed by atoms with van der Waals surface area (Å²) < 4.78 is 11.9. The molecule has 0 radical (unpaired) electrons. The van der Waals surface area contributed by atoms with Crippen molar-refractivity contribution in [3.63, 3.8) is 0 Å². The summed E-state index contributed by atoms with van der Waals surface area (Å²) in [4.78, 5) is 19.5. The second-order valence-electron chi connectivity index (χ2n) is 12.6. The first kappa shape index (κ1) is 28.6. The van der Waals surface area contributed by atoms with Gasteiger partial charge in [-0.2, -0.15) is 20.5 Å². The Morgan fingerprint density at radius 1 is 1.14 bits per heavy atom. The van der Waals surface area contributed by atoms with Crippen molar-refractivity contribution in [1.29, 1.82) is 10.5 Å². The lowest BCUT2D eigenvalue weighted by molar-refractivity contribution is 0.0231. The van der Waals surface area contributed by atoms with Gasteiger partial charge >= 0.3 is 6.01 Å². The maximum absolute atomic E-state index is 10.4. The third kappa shape index (κ3) is 5.05. The Bertz CT molecular complexity index is 1660. The van der Waals surface area contributed by atoms with Gasteiger partial charge in [0, 0.05) is 60.2 Å². The van der Waals surface area contributed by atoms with E-state index in [-0.39, 0.29) is 22.9 Å². The fourth-order valence-corrected chi connectivity index (χ4v) is 8.10. The maximum Gasteiger partial charge on any atom is 0.320 e. The molecule has 1 unspecified atom stereocenters. The molecule has 12 nitrogen and oxygen atoms in total. The van der Waals surface area contributed by atoms with Gasteiger partial charge in [0.1, 0.15) is 28.5 Å². The van der Waals surface area contributed by atoms with Crippen LogP contribution in [-0.4, -0.2) is 72.4 Å². The molecule has 1 atom stereocenters. The van der Waals surface area contributed by atoms with Crippen LogP contribution in [0.1, 0.15) is 59.4 Å². The van der Waals surface area contributed by atoms with Crippen molar-refractivity contribution in [1.82, 2.24) is 19.9 Å². The summed E-state index contributed by atoms with van der Waals surface area (Å²) in [6.07, 6.45) is 5.70. The Balaban J connectivity index is 1.17. The third-order valence-electron chi connectivity index (χ3n) is 9.57. The molecular formula is C31H36N10O2S. The summed E-state index contributed by atoms with van der Waals surface area (Å²) >= 11 is 1.53. The first-order valence-corrected chi connectivity index (χ1v) is 15.9. The lowest BCUT2D eigenvalue weighted by atomic mass is 9.74. The highest BCUT2D eigenvalue weighted by Gasteiger charge is 2.52. The number of nitrogens with zero attached hydrogens (tertiary/aromatic N) is 7. The quantitative estimate of drug-likeness (QED) is 0.322. The zero-order chi connectivity index (χ0) is 30.5. The SMILES string of the molecule is CC(Nc1nc(OCC2(CN3CCOCC3)CC2)nc(N2CC3(CCc4sc(N)c(C#N)c43)C2)c1C#N)c1cccnc1N. The van der Waals surface area contributed by atoms with E-state index in [1.54, 1.807) is 6.20 Å². The van der Waals surface area contributed by atoms with Crippen LogP contribution in [0.25, 0.3) is 0 Å². The van der Waals surface area contributed by atoms with Gasteiger partial charge in [0.25, 0.3) is 0 Å². The molecule has 2 saturated heterocycles. The second-order valence-corrected chi connectivity index (χ2v) is 13.7. The Hall–Kier alpha value is -4.17. The average molecular weight is 613 g/mol. The molecule has 5 heterocycles. The van der Waals surface area contributed by atoms with Crippen molar-refractivity contribution in [2.45, 2.75) is 44.1 Å². The first-order valence-electron chi connectivity index (χ1n) is 15.1. The molecule has 228 valence electrons. The number of aryl methyl sites for hydroxylation is 1. The van der Waals surface area contributed by atoms with Crippen LogP contribution in [-0.2, 0) is 16.6 Å². The molecule has 0 amide bonds. The van der Waals surface area contributed by atoms with Crippen molar-refractivity contribution in [3.05, 3.63) is 45.5 Å². The molecular weight excluding hydrogens is 576 g/mol. The molecule has 1 saturated carbocycles. The predicted octanol–water partition coefficient (Wildman–Crippen LogP) is 3.21. The first-order chi connectivity index (χ1) is 21.3. The summed E-state index contributed by atoms with van der Waals surface area (Å²) in [7, 11) is 0. The lowest BCUT2D eigenvalue weighted by Gasteiger charge is -2.49. The summed E-state index contributed by atoms with van der Waals surface area (Å²) in [5, 5.41) is 24.2. The van der Waals surface area contributed by atoms with E-state index in [0.29, 0.717) is 53.3 Å². The number of thiophene rings is 1. The fraction of sp³-hybridized carbons (Fsp3) is 0.516. The van der Waals surface area contributed by atoms with Crippen LogP contribution < -0.4 is 26.4 Å². The van der Waals surface area contributed by atoms with E-state index >= 15 is 0 Å². The van der Waals surface area contributed by atoms with Gasteiger partial charge in [-0.05, 0) is 44.2 Å². The van der Waals surface area contributed by atoms with E-state index < -0.39 is 0 Å². The van der Waals surface area contributed by atoms with E-state index in [1.807, 2.05) is 19.1 Å². The second kappa shape index (κ2) is 11.1. The number of morpholine rings is 1. The van der Waals surface area contributed by atoms with Crippen molar-refractivity contribution in [2.24, 2.45) is 5.41 Å². The molecule has 2 aliphatic heterocycles. The number of rotatable bonds is 9. The molecule has 13 heteroatoms. The van der Waals surface area contributed by atoms with Crippen molar-refractivity contribution in [3.8, 4) is 18.1 Å². The topological polar surface area (TPSA) is 175 Å². The van der Waals surface area contributed by atoms with Crippen LogP contribution in [0.5, 0.6) is 6.01 Å². The summed E-state index contributed by atoms with van der Waals surface area (Å²) in [6.45, 7) is 8.11. The van der Waals surface area contributed by atoms with Gasteiger partial charge in [-0.3, -0.25) is 4.90 Å². The Morgan fingerprint density at radius 3 is 2.61 bits per heavy atom. The van der Waals surface area contributed by atoms with Gasteiger partial charge in [0.05, 0.1) is 31.4 Å². The third-order valence-corrected chi connectivity index (χ3v) is 10.6. The molecule has 2 aliphatic carbocycles. The summed E-state index contributed by atoms with van der Waals surface area (Å²) in [5.41, 5.74) is 15.1. The number of anilines is 4. The Labute approximate surface area is 260 Å². The molecule has 0 bridgehead atoms. The van der Waals surface area contributed by atoms with E-state index in [0.717, 1.165) is 69.7 Å². The highest BCUT2D eigenvalue weighted by Crippen LogP contribution is 2.53. The number of aromatic nitrogens is 3. The van der Waals surface area contributed by atoms with E-state index in [2.05, 4.69) is 32.2 Å². The highest BCUT2D eigenvalue weighted by molar-refractivity contribution is 7.16. The zero-order valence-corrected chi connectivity index (χ0v) is 25.6. The smallest absolute Gasteiger partial charge is 0.320 e. The number of nitrogen functional groups attached to an aromatic ring is 2. The molecule has 7 rings (SSSR count). The lowest BCUT2D eigenvalue weighted by Crippen LogP contribution is -2.59. The molecule has 4 aliphatic rings. The summed E-state index contributed by atoms with van der Waals surface area (Å²) in [6, 6.07) is 8.40. The van der Waals surface area contributed by atoms with E-state index in [9.17, 15) is 10.5 Å². The highest BCUT2D eigenvalue weighted by atomic mass is 32.1. The van der Waals surface area contributed by atoms with Crippen LogP contribution in [0, 0.1) is 28.1 Å². The molecule has 44 heavy (non-hydrogen) atoms. The minimum atomic E-state index is -0.269. The Kier molecular flexibility index (Phi) is 7.20. The van der Waals surface area contributed by atoms with Crippen LogP contribution in [0.15, 0.2) is 18.3 Å². The number of nitrogens with one attached hydrogen (secondary N) is 1. The van der Waals surface area contributed by atoms with Gasteiger partial charge in [-0.15, -0.1) is 11.3 Å². The van der Waals surface area contributed by atoms with Crippen molar-refractivity contribution >= 4 is 33.8 Å². The molecule has 5 N–H and O–H groups in total. The summed E-state index contributed by atoms with van der Waals surface area (Å²) in [5.74, 6) is 1.35. The normalized spacial score (nSPS) is 20.3. The molecule has 1 spiro atoms. The minimum absolute atomic E-state index is 0.0768. The number of hydrogen-bond donors (Lipinski definition) is 3. The van der Waals surface area contributed by atoms with Gasteiger partial charge in [-0.1, -0.05) is 6.07 Å². The molecule has 0 aromatic carbocycles. The molecule has 3 fully saturated rings. The number of fused-ring (bicyclic) bond motifs is 2. The Morgan fingerprint density at radius 2 is 1.91 bits per heavy atom. The van der Waals surface area contributed by atoms with Crippen molar-refractivity contribution in [2.75, 3.05) is 74.2 Å². The fourth-order valence-electron chi connectivity index (χ4n) is 6.96. The number of nitriles is 2. The largest absolute Gasteiger partial charge is 0.463 e.